The summed E-state index contributed by atoms with van der Waals surface area (Å²) in [7, 11) is 0. The largest absolute Gasteiger partial charge is 0.354 e. The first-order valence-corrected chi connectivity index (χ1v) is 8.10. The normalized spacial score (nSPS) is 21.5. The van der Waals surface area contributed by atoms with Gasteiger partial charge in [-0.15, -0.1) is 0 Å². The van der Waals surface area contributed by atoms with Crippen molar-refractivity contribution in [2.45, 2.75) is 65.5 Å². The average Bonchev–Trinajstić information content (AvgIpc) is 2.42. The van der Waals surface area contributed by atoms with Gasteiger partial charge in [0.05, 0.1) is 0 Å². The molecule has 0 saturated heterocycles. The van der Waals surface area contributed by atoms with E-state index in [1.165, 1.54) is 16.8 Å². The number of nitrogens with zero attached hydrogens (tertiary/aromatic N) is 1. The highest BCUT2D eigenvalue weighted by molar-refractivity contribution is 5.86. The minimum atomic E-state index is -0.271. The lowest BCUT2D eigenvalue weighted by molar-refractivity contribution is -0.123. The summed E-state index contributed by atoms with van der Waals surface area (Å²) in [5.74, 6) is 6.00. The lowest BCUT2D eigenvalue weighted by Gasteiger charge is -2.52. The third kappa shape index (κ3) is 2.72. The van der Waals surface area contributed by atoms with Crippen molar-refractivity contribution >= 4 is 11.6 Å². The van der Waals surface area contributed by atoms with Crippen molar-refractivity contribution in [2.24, 2.45) is 11.8 Å². The molecule has 0 radical (unpaired) electrons. The van der Waals surface area contributed by atoms with E-state index in [2.05, 4.69) is 70.1 Å². The van der Waals surface area contributed by atoms with Gasteiger partial charge in [-0.25, -0.2) is 5.84 Å². The van der Waals surface area contributed by atoms with Gasteiger partial charge in [0.15, 0.2) is 0 Å². The van der Waals surface area contributed by atoms with E-state index in [-0.39, 0.29) is 23.4 Å². The van der Waals surface area contributed by atoms with E-state index in [1.807, 2.05) is 0 Å². The van der Waals surface area contributed by atoms with Gasteiger partial charge < -0.3 is 4.90 Å². The highest BCUT2D eigenvalue weighted by Crippen LogP contribution is 2.46. The second-order valence-electron chi connectivity index (χ2n) is 7.50. The summed E-state index contributed by atoms with van der Waals surface area (Å²) in [4.78, 5) is 14.8. The zero-order valence-corrected chi connectivity index (χ0v) is 14.6. The Morgan fingerprint density at radius 1 is 1.41 bits per heavy atom. The first kappa shape index (κ1) is 16.8. The average molecular weight is 303 g/mol. The molecule has 0 bridgehead atoms. The summed E-state index contributed by atoms with van der Waals surface area (Å²) in [6, 6.07) is 6.14. The summed E-state index contributed by atoms with van der Waals surface area (Å²) in [6.45, 7) is 13.0. The standard InChI is InChI=1S/C18H29N3O/c1-11(2)15(17(22)20-19)21-16-12(3)8-7-9-14(16)13(4)10-18(21,5)6/h7-9,11,13,15H,10,19H2,1-6H3,(H,20,22)/t13-,15-/m1/s1. The SMILES string of the molecule is Cc1cccc2c1N([C@@H](C(=O)NN)C(C)C)C(C)(C)C[C@H]2C. The molecule has 0 unspecified atom stereocenters. The number of benzene rings is 1. The lowest BCUT2D eigenvalue weighted by Crippen LogP contribution is -2.61. The number of rotatable bonds is 3. The van der Waals surface area contributed by atoms with Crippen LogP contribution in [0.25, 0.3) is 0 Å². The number of nitrogens with one attached hydrogen (secondary N) is 1. The number of anilines is 1. The second kappa shape index (κ2) is 5.92. The van der Waals surface area contributed by atoms with Crippen LogP contribution in [0.4, 0.5) is 5.69 Å². The second-order valence-corrected chi connectivity index (χ2v) is 7.50. The molecule has 0 aromatic heterocycles. The Morgan fingerprint density at radius 2 is 2.05 bits per heavy atom. The molecule has 3 N–H and O–H groups in total. The van der Waals surface area contributed by atoms with Gasteiger partial charge in [0.1, 0.15) is 6.04 Å². The van der Waals surface area contributed by atoms with Gasteiger partial charge in [-0.2, -0.15) is 0 Å². The van der Waals surface area contributed by atoms with E-state index in [9.17, 15) is 4.79 Å². The molecular weight excluding hydrogens is 274 g/mol. The number of hydrazine groups is 1. The molecule has 0 fully saturated rings. The maximum Gasteiger partial charge on any atom is 0.256 e. The first-order valence-electron chi connectivity index (χ1n) is 8.10. The Hall–Kier alpha value is -1.55. The van der Waals surface area contributed by atoms with Crippen LogP contribution in [-0.4, -0.2) is 17.5 Å². The fraction of sp³-hybridized carbons (Fsp3) is 0.611. The quantitative estimate of drug-likeness (QED) is 0.512. The van der Waals surface area contributed by atoms with E-state index in [4.69, 9.17) is 5.84 Å². The van der Waals surface area contributed by atoms with Crippen LogP contribution in [0.1, 0.15) is 58.1 Å². The topological polar surface area (TPSA) is 58.4 Å². The highest BCUT2D eigenvalue weighted by atomic mass is 16.2. The Kier molecular flexibility index (Phi) is 4.52. The van der Waals surface area contributed by atoms with Gasteiger partial charge in [-0.1, -0.05) is 39.0 Å². The molecule has 2 atom stereocenters. The van der Waals surface area contributed by atoms with Gasteiger partial charge in [-0.3, -0.25) is 10.2 Å². The smallest absolute Gasteiger partial charge is 0.256 e. The van der Waals surface area contributed by atoms with Crippen molar-refractivity contribution in [3.05, 3.63) is 29.3 Å². The van der Waals surface area contributed by atoms with Crippen LogP contribution >= 0.6 is 0 Å². The molecule has 0 spiro atoms. The monoisotopic (exact) mass is 303 g/mol. The van der Waals surface area contributed by atoms with Crippen LogP contribution in [-0.2, 0) is 4.79 Å². The van der Waals surface area contributed by atoms with Gasteiger partial charge in [-0.05, 0) is 50.2 Å². The predicted molar refractivity (Wildman–Crippen MR) is 91.7 cm³/mol. The fourth-order valence-electron chi connectivity index (χ4n) is 3.99. The van der Waals surface area contributed by atoms with Crippen molar-refractivity contribution < 1.29 is 4.79 Å². The molecule has 1 aromatic carbocycles. The van der Waals surface area contributed by atoms with Gasteiger partial charge in [0, 0.05) is 11.2 Å². The molecule has 4 nitrogen and oxygen atoms in total. The Bertz CT molecular complexity index is 565. The van der Waals surface area contributed by atoms with E-state index in [1.54, 1.807) is 0 Å². The predicted octanol–water partition coefficient (Wildman–Crippen LogP) is 3.10. The van der Waals surface area contributed by atoms with Crippen LogP contribution in [0.5, 0.6) is 0 Å². The summed E-state index contributed by atoms with van der Waals surface area (Å²) < 4.78 is 0. The van der Waals surface area contributed by atoms with Crippen molar-refractivity contribution in [3.63, 3.8) is 0 Å². The Morgan fingerprint density at radius 3 is 2.59 bits per heavy atom. The molecule has 1 aromatic rings. The fourth-order valence-corrected chi connectivity index (χ4v) is 3.99. The number of carbonyl (C=O) groups is 1. The van der Waals surface area contributed by atoms with Gasteiger partial charge >= 0.3 is 0 Å². The molecule has 1 heterocycles. The zero-order valence-electron chi connectivity index (χ0n) is 14.6. The van der Waals surface area contributed by atoms with Crippen molar-refractivity contribution in [1.82, 2.24) is 5.43 Å². The zero-order chi connectivity index (χ0) is 16.7. The number of hydrogen-bond acceptors (Lipinski definition) is 3. The molecule has 22 heavy (non-hydrogen) atoms. The molecule has 2 rings (SSSR count). The van der Waals surface area contributed by atoms with Crippen LogP contribution in [0.2, 0.25) is 0 Å². The van der Waals surface area contributed by atoms with Crippen LogP contribution in [0.3, 0.4) is 0 Å². The first-order chi connectivity index (χ1) is 10.2. The molecule has 1 aliphatic rings. The van der Waals surface area contributed by atoms with E-state index in [0.717, 1.165) is 6.42 Å². The highest BCUT2D eigenvalue weighted by Gasteiger charge is 2.43. The maximum absolute atomic E-state index is 12.5. The van der Waals surface area contributed by atoms with Crippen molar-refractivity contribution in [3.8, 4) is 0 Å². The Labute approximate surface area is 134 Å². The lowest BCUT2D eigenvalue weighted by atomic mass is 9.77. The van der Waals surface area contributed by atoms with Crippen LogP contribution in [0.15, 0.2) is 18.2 Å². The van der Waals surface area contributed by atoms with Crippen molar-refractivity contribution in [1.29, 1.82) is 0 Å². The van der Waals surface area contributed by atoms with E-state index >= 15 is 0 Å². The number of amides is 1. The molecule has 0 saturated carbocycles. The summed E-state index contributed by atoms with van der Waals surface area (Å²) in [5, 5.41) is 0. The third-order valence-corrected chi connectivity index (χ3v) is 4.82. The molecule has 4 heteroatoms. The Balaban J connectivity index is 2.66. The maximum atomic E-state index is 12.5. The van der Waals surface area contributed by atoms with Crippen LogP contribution in [0, 0.1) is 12.8 Å². The van der Waals surface area contributed by atoms with E-state index < -0.39 is 0 Å². The molecule has 1 aliphatic heterocycles. The van der Waals surface area contributed by atoms with Gasteiger partial charge in [0.25, 0.3) is 5.91 Å². The van der Waals surface area contributed by atoms with E-state index in [0.29, 0.717) is 5.92 Å². The summed E-state index contributed by atoms with van der Waals surface area (Å²) >= 11 is 0. The summed E-state index contributed by atoms with van der Waals surface area (Å²) in [5.41, 5.74) is 6.01. The number of aryl methyl sites for hydroxylation is 1. The molecule has 0 aliphatic carbocycles. The minimum Gasteiger partial charge on any atom is -0.354 e. The van der Waals surface area contributed by atoms with Crippen LogP contribution < -0.4 is 16.2 Å². The third-order valence-electron chi connectivity index (χ3n) is 4.82. The number of para-hydroxylation sites is 1. The minimum absolute atomic E-state index is 0.0972. The molecule has 122 valence electrons. The van der Waals surface area contributed by atoms with Gasteiger partial charge in [0.2, 0.25) is 0 Å². The number of nitrogens with two attached hydrogens (primary N) is 1. The number of hydrogen-bond donors (Lipinski definition) is 2. The number of carbonyl (C=O) groups excluding carboxylic acids is 1. The molecular formula is C18H29N3O. The van der Waals surface area contributed by atoms with Crippen molar-refractivity contribution in [2.75, 3.05) is 4.90 Å². The summed E-state index contributed by atoms with van der Waals surface area (Å²) in [6.07, 6.45) is 1.02. The number of fused-ring (bicyclic) bond motifs is 1. The molecule has 1 amide bonds.